The summed E-state index contributed by atoms with van der Waals surface area (Å²) in [6.07, 6.45) is 1.53. The first-order valence-electron chi connectivity index (χ1n) is 6.18. The molecule has 1 aliphatic heterocycles. The van der Waals surface area contributed by atoms with Gasteiger partial charge in [-0.2, -0.15) is 0 Å². The number of ether oxygens (including phenoxy) is 2. The Morgan fingerprint density at radius 1 is 1.47 bits per heavy atom. The van der Waals surface area contributed by atoms with Gasteiger partial charge >= 0.3 is 0 Å². The van der Waals surface area contributed by atoms with E-state index in [1.54, 1.807) is 11.9 Å². The molecule has 0 bridgehead atoms. The highest BCUT2D eigenvalue weighted by Gasteiger charge is 2.33. The molecule has 5 nitrogen and oxygen atoms in total. The van der Waals surface area contributed by atoms with Gasteiger partial charge in [-0.25, -0.2) is 0 Å². The van der Waals surface area contributed by atoms with Crippen LogP contribution in [0.5, 0.6) is 0 Å². The summed E-state index contributed by atoms with van der Waals surface area (Å²) in [6.45, 7) is 5.81. The Bertz CT molecular complexity index is 250. The highest BCUT2D eigenvalue weighted by Crippen LogP contribution is 2.23. The number of likely N-dealkylation sites (N-methyl/N-ethyl adjacent to an activating group) is 1. The number of nitrogens with two attached hydrogens (primary N) is 1. The van der Waals surface area contributed by atoms with Crippen molar-refractivity contribution in [2.75, 3.05) is 33.4 Å². The number of hydrogen-bond acceptors (Lipinski definition) is 4. The van der Waals surface area contributed by atoms with Crippen LogP contribution in [0.3, 0.4) is 0 Å². The molecule has 17 heavy (non-hydrogen) atoms. The monoisotopic (exact) mass is 244 g/mol. The molecule has 1 saturated heterocycles. The van der Waals surface area contributed by atoms with Gasteiger partial charge in [0.15, 0.2) is 0 Å². The van der Waals surface area contributed by atoms with Gasteiger partial charge in [0, 0.05) is 45.7 Å². The van der Waals surface area contributed by atoms with Crippen LogP contribution < -0.4 is 5.73 Å². The molecule has 1 fully saturated rings. The van der Waals surface area contributed by atoms with E-state index in [1.165, 1.54) is 0 Å². The highest BCUT2D eigenvalue weighted by molar-refractivity contribution is 5.77. The summed E-state index contributed by atoms with van der Waals surface area (Å²) >= 11 is 0. The van der Waals surface area contributed by atoms with Gasteiger partial charge in [-0.3, -0.25) is 4.79 Å². The molecule has 0 aromatic heterocycles. The van der Waals surface area contributed by atoms with Crippen LogP contribution in [0.2, 0.25) is 0 Å². The molecule has 1 heterocycles. The zero-order valence-corrected chi connectivity index (χ0v) is 11.1. The maximum Gasteiger partial charge on any atom is 0.248 e. The molecule has 0 spiro atoms. The Balaban J connectivity index is 2.44. The van der Waals surface area contributed by atoms with Crippen molar-refractivity contribution < 1.29 is 14.3 Å². The number of amides is 1. The second-order valence-corrected chi connectivity index (χ2v) is 4.89. The minimum absolute atomic E-state index is 0.000633. The van der Waals surface area contributed by atoms with Crippen molar-refractivity contribution >= 4 is 5.91 Å². The predicted octanol–water partition coefficient (Wildman–Crippen LogP) is 0.378. The van der Waals surface area contributed by atoms with Crippen LogP contribution in [0.4, 0.5) is 0 Å². The molecule has 0 radical (unpaired) electrons. The lowest BCUT2D eigenvalue weighted by atomic mass is 9.94. The van der Waals surface area contributed by atoms with Crippen molar-refractivity contribution in [1.82, 2.24) is 4.90 Å². The van der Waals surface area contributed by atoms with Gasteiger partial charge in [0.1, 0.15) is 6.61 Å². The Hall–Kier alpha value is -0.650. The molecular weight excluding hydrogens is 220 g/mol. The summed E-state index contributed by atoms with van der Waals surface area (Å²) in [5.74, 6) is -0.000633. The van der Waals surface area contributed by atoms with Gasteiger partial charge in [0.25, 0.3) is 0 Å². The third-order valence-corrected chi connectivity index (χ3v) is 3.45. The fourth-order valence-electron chi connectivity index (χ4n) is 1.76. The topological polar surface area (TPSA) is 64.8 Å². The fraction of sp³-hybridized carbons (Fsp3) is 0.917. The quantitative estimate of drug-likeness (QED) is 0.759. The fourth-order valence-corrected chi connectivity index (χ4v) is 1.76. The van der Waals surface area contributed by atoms with Gasteiger partial charge in [-0.1, -0.05) is 0 Å². The molecule has 0 saturated carbocycles. The molecule has 100 valence electrons. The normalized spacial score (nSPS) is 19.4. The molecule has 1 rings (SSSR count). The largest absolute Gasteiger partial charge is 0.381 e. The molecule has 0 unspecified atom stereocenters. The lowest BCUT2D eigenvalue weighted by molar-refractivity contribution is -0.150. The Labute approximate surface area is 103 Å². The van der Waals surface area contributed by atoms with Gasteiger partial charge in [-0.15, -0.1) is 0 Å². The van der Waals surface area contributed by atoms with E-state index in [0.29, 0.717) is 19.8 Å². The Morgan fingerprint density at radius 3 is 2.53 bits per heavy atom. The smallest absolute Gasteiger partial charge is 0.248 e. The first-order chi connectivity index (χ1) is 8.01. The van der Waals surface area contributed by atoms with Gasteiger partial charge < -0.3 is 20.1 Å². The van der Waals surface area contributed by atoms with Crippen LogP contribution in [0.1, 0.15) is 26.7 Å². The number of carbonyl (C=O) groups excluding carboxylic acids is 1. The van der Waals surface area contributed by atoms with Gasteiger partial charge in [0.2, 0.25) is 5.91 Å². The van der Waals surface area contributed by atoms with Crippen molar-refractivity contribution in [3.8, 4) is 0 Å². The van der Waals surface area contributed by atoms with E-state index in [2.05, 4.69) is 0 Å². The number of rotatable bonds is 5. The van der Waals surface area contributed by atoms with Crippen molar-refractivity contribution in [2.24, 2.45) is 5.73 Å². The van der Waals surface area contributed by atoms with Gasteiger partial charge in [0.05, 0.1) is 5.60 Å². The van der Waals surface area contributed by atoms with E-state index in [1.807, 2.05) is 13.8 Å². The predicted molar refractivity (Wildman–Crippen MR) is 65.7 cm³/mol. The number of nitrogens with zero attached hydrogens (tertiary/aromatic N) is 1. The first-order valence-corrected chi connectivity index (χ1v) is 6.18. The minimum atomic E-state index is -0.369. The van der Waals surface area contributed by atoms with E-state index in [4.69, 9.17) is 15.2 Å². The van der Waals surface area contributed by atoms with Crippen LogP contribution in [-0.4, -0.2) is 55.9 Å². The van der Waals surface area contributed by atoms with E-state index in [9.17, 15) is 4.79 Å². The molecule has 0 aromatic carbocycles. The summed E-state index contributed by atoms with van der Waals surface area (Å²) in [5, 5.41) is 0. The molecule has 0 aliphatic carbocycles. The lowest BCUT2D eigenvalue weighted by Gasteiger charge is -2.36. The second kappa shape index (κ2) is 6.33. The second-order valence-electron chi connectivity index (χ2n) is 4.89. The molecule has 2 N–H and O–H groups in total. The van der Waals surface area contributed by atoms with E-state index in [0.717, 1.165) is 12.8 Å². The van der Waals surface area contributed by atoms with Crippen molar-refractivity contribution in [3.05, 3.63) is 0 Å². The SMILES string of the molecule is CC(C)N(C)C(=O)COC1(CN)CCOCC1. The summed E-state index contributed by atoms with van der Waals surface area (Å²) in [5.41, 5.74) is 5.39. The van der Waals surface area contributed by atoms with Crippen molar-refractivity contribution in [1.29, 1.82) is 0 Å². The maximum absolute atomic E-state index is 11.8. The summed E-state index contributed by atoms with van der Waals surface area (Å²) < 4.78 is 11.0. The summed E-state index contributed by atoms with van der Waals surface area (Å²) in [4.78, 5) is 13.5. The summed E-state index contributed by atoms with van der Waals surface area (Å²) in [7, 11) is 1.79. The average molecular weight is 244 g/mol. The third kappa shape index (κ3) is 3.94. The average Bonchev–Trinajstić information content (AvgIpc) is 2.36. The zero-order chi connectivity index (χ0) is 12.9. The molecule has 0 aromatic rings. The molecule has 5 heteroatoms. The molecule has 0 atom stereocenters. The van der Waals surface area contributed by atoms with Crippen LogP contribution in [0.25, 0.3) is 0 Å². The number of carbonyl (C=O) groups is 1. The van der Waals surface area contributed by atoms with Crippen LogP contribution in [0, 0.1) is 0 Å². The summed E-state index contributed by atoms with van der Waals surface area (Å²) in [6, 6.07) is 0.189. The first kappa shape index (κ1) is 14.4. The van der Waals surface area contributed by atoms with Crippen molar-refractivity contribution in [2.45, 2.75) is 38.3 Å². The minimum Gasteiger partial charge on any atom is -0.381 e. The Kier molecular flexibility index (Phi) is 5.36. The highest BCUT2D eigenvalue weighted by atomic mass is 16.5. The number of hydrogen-bond donors (Lipinski definition) is 1. The molecular formula is C12H24N2O3. The third-order valence-electron chi connectivity index (χ3n) is 3.45. The maximum atomic E-state index is 11.8. The zero-order valence-electron chi connectivity index (χ0n) is 11.1. The van der Waals surface area contributed by atoms with Crippen LogP contribution >= 0.6 is 0 Å². The van der Waals surface area contributed by atoms with Crippen LogP contribution in [0.15, 0.2) is 0 Å². The van der Waals surface area contributed by atoms with Crippen LogP contribution in [-0.2, 0) is 14.3 Å². The molecule has 1 amide bonds. The Morgan fingerprint density at radius 2 is 2.06 bits per heavy atom. The van der Waals surface area contributed by atoms with E-state index < -0.39 is 0 Å². The lowest BCUT2D eigenvalue weighted by Crippen LogP contribution is -2.48. The van der Waals surface area contributed by atoms with E-state index >= 15 is 0 Å². The van der Waals surface area contributed by atoms with Crippen molar-refractivity contribution in [3.63, 3.8) is 0 Å². The van der Waals surface area contributed by atoms with E-state index in [-0.39, 0.29) is 24.2 Å². The van der Waals surface area contributed by atoms with Gasteiger partial charge in [-0.05, 0) is 13.8 Å². The molecule has 1 aliphatic rings. The standard InChI is InChI=1S/C12H24N2O3/c1-10(2)14(3)11(15)8-17-12(9-13)4-6-16-7-5-12/h10H,4-9,13H2,1-3H3.